The predicted octanol–water partition coefficient (Wildman–Crippen LogP) is 1.14. The van der Waals surface area contributed by atoms with E-state index in [9.17, 15) is 9.59 Å². The Morgan fingerprint density at radius 1 is 1.47 bits per heavy atom. The first-order valence-electron chi connectivity index (χ1n) is 5.68. The number of anilines is 1. The van der Waals surface area contributed by atoms with Gasteiger partial charge in [0, 0.05) is 6.07 Å². The number of aryl methyl sites for hydroxylation is 1. The minimum absolute atomic E-state index is 0. The summed E-state index contributed by atoms with van der Waals surface area (Å²) in [5, 5.41) is 14.9. The van der Waals surface area contributed by atoms with Crippen LogP contribution in [0, 0.1) is 6.92 Å². The van der Waals surface area contributed by atoms with Gasteiger partial charge in [0.2, 0.25) is 5.91 Å². The van der Waals surface area contributed by atoms with Crippen molar-refractivity contribution in [2.45, 2.75) is 20.3 Å². The van der Waals surface area contributed by atoms with Crippen LogP contribution in [-0.2, 0) is 9.59 Å². The van der Waals surface area contributed by atoms with E-state index in [1.165, 1.54) is 0 Å². The van der Waals surface area contributed by atoms with Crippen LogP contribution in [0.5, 0.6) is 0 Å². The summed E-state index contributed by atoms with van der Waals surface area (Å²) in [6.45, 7) is 4.06. The van der Waals surface area contributed by atoms with Crippen molar-refractivity contribution >= 4 is 30.1 Å². The van der Waals surface area contributed by atoms with Crippen molar-refractivity contribution in [3.8, 4) is 0 Å². The number of carboxylic acid groups (broad SMARTS) is 1. The number of nitrogens with zero attached hydrogens (tertiary/aromatic N) is 2. The fourth-order valence-electron chi connectivity index (χ4n) is 1.53. The average Bonchev–Trinajstić information content (AvgIpc) is 2.62. The molecule has 7 nitrogen and oxygen atoms in total. The van der Waals surface area contributed by atoms with Gasteiger partial charge in [-0.1, -0.05) is 12.1 Å². The van der Waals surface area contributed by atoms with Crippen LogP contribution in [0.3, 0.4) is 0 Å². The first-order valence-corrected chi connectivity index (χ1v) is 5.68. The second kappa shape index (κ2) is 8.49. The fraction of sp³-hybridized carbons (Fsp3) is 0.545. The Kier molecular flexibility index (Phi) is 7.78. The van der Waals surface area contributed by atoms with Crippen LogP contribution in [-0.4, -0.2) is 46.7 Å². The maximum Gasteiger partial charge on any atom is 0.317 e. The zero-order valence-corrected chi connectivity index (χ0v) is 11.7. The number of carbonyl (C=O) groups excluding carboxylic acids is 1. The van der Waals surface area contributed by atoms with Crippen molar-refractivity contribution in [1.82, 2.24) is 10.1 Å². The molecule has 0 fully saturated rings. The monoisotopic (exact) mass is 291 g/mol. The first kappa shape index (κ1) is 17.4. The van der Waals surface area contributed by atoms with E-state index in [0.29, 0.717) is 18.1 Å². The number of carbonyl (C=O) groups is 2. The van der Waals surface area contributed by atoms with Crippen molar-refractivity contribution in [2.24, 2.45) is 0 Å². The first-order chi connectivity index (χ1) is 8.51. The zero-order valence-electron chi connectivity index (χ0n) is 10.9. The molecule has 0 aromatic carbocycles. The number of nitrogens with one attached hydrogen (secondary N) is 1. The summed E-state index contributed by atoms with van der Waals surface area (Å²) in [6.07, 6.45) is 0.781. The van der Waals surface area contributed by atoms with Crippen LogP contribution in [0.4, 0.5) is 5.82 Å². The topological polar surface area (TPSA) is 95.7 Å². The molecule has 19 heavy (non-hydrogen) atoms. The second-order valence-corrected chi connectivity index (χ2v) is 3.98. The van der Waals surface area contributed by atoms with Gasteiger partial charge in [-0.25, -0.2) is 0 Å². The maximum atomic E-state index is 11.7. The lowest BCUT2D eigenvalue weighted by molar-refractivity contribution is -0.138. The summed E-state index contributed by atoms with van der Waals surface area (Å²) < 4.78 is 4.81. The van der Waals surface area contributed by atoms with Crippen LogP contribution in [0.1, 0.15) is 19.1 Å². The van der Waals surface area contributed by atoms with E-state index < -0.39 is 5.97 Å². The van der Waals surface area contributed by atoms with Crippen LogP contribution < -0.4 is 5.32 Å². The van der Waals surface area contributed by atoms with E-state index in [0.717, 1.165) is 6.42 Å². The van der Waals surface area contributed by atoms with Gasteiger partial charge >= 0.3 is 5.97 Å². The number of halogens is 1. The van der Waals surface area contributed by atoms with Gasteiger partial charge in [0.25, 0.3) is 0 Å². The number of aliphatic carboxylic acids is 1. The van der Waals surface area contributed by atoms with E-state index in [1.54, 1.807) is 17.9 Å². The molecule has 0 bridgehead atoms. The molecule has 0 aliphatic heterocycles. The van der Waals surface area contributed by atoms with E-state index in [4.69, 9.17) is 9.63 Å². The third-order valence-corrected chi connectivity index (χ3v) is 2.16. The lowest BCUT2D eigenvalue weighted by Gasteiger charge is -2.18. The van der Waals surface area contributed by atoms with Gasteiger partial charge in [-0.2, -0.15) is 0 Å². The van der Waals surface area contributed by atoms with Crippen molar-refractivity contribution in [2.75, 3.05) is 25.0 Å². The average molecular weight is 292 g/mol. The lowest BCUT2D eigenvalue weighted by atomic mass is 10.3. The molecule has 8 heteroatoms. The molecular formula is C11H18ClN3O4. The molecule has 0 spiro atoms. The highest BCUT2D eigenvalue weighted by atomic mass is 35.5. The van der Waals surface area contributed by atoms with E-state index in [2.05, 4.69) is 10.5 Å². The normalized spacial score (nSPS) is 10.1. The summed E-state index contributed by atoms with van der Waals surface area (Å²) in [7, 11) is 0. The summed E-state index contributed by atoms with van der Waals surface area (Å²) in [6, 6.07) is 1.60. The highest BCUT2D eigenvalue weighted by Gasteiger charge is 2.14. The summed E-state index contributed by atoms with van der Waals surface area (Å²) in [5.41, 5.74) is 0. The number of aromatic nitrogens is 1. The quantitative estimate of drug-likeness (QED) is 0.782. The molecule has 0 aliphatic carbocycles. The number of carboxylic acids is 1. The van der Waals surface area contributed by atoms with Crippen LogP contribution in [0.25, 0.3) is 0 Å². The fourth-order valence-corrected chi connectivity index (χ4v) is 1.53. The minimum atomic E-state index is -0.950. The van der Waals surface area contributed by atoms with E-state index in [-0.39, 0.29) is 31.4 Å². The standard InChI is InChI=1S/C11H17N3O4.ClH/c1-3-4-14(7-11(16)17)6-10(15)12-9-5-8(2)18-13-9;/h5H,3-4,6-7H2,1-2H3,(H,16,17)(H,12,13,15);1H. The molecule has 0 atom stereocenters. The minimum Gasteiger partial charge on any atom is -0.480 e. The Balaban J connectivity index is 0.00000324. The molecule has 1 heterocycles. The Labute approximate surface area is 117 Å². The van der Waals surface area contributed by atoms with Crippen LogP contribution in [0.15, 0.2) is 10.6 Å². The van der Waals surface area contributed by atoms with E-state index in [1.807, 2.05) is 6.92 Å². The summed E-state index contributed by atoms with van der Waals surface area (Å²) >= 11 is 0. The predicted molar refractivity (Wildman–Crippen MR) is 71.5 cm³/mol. The Morgan fingerprint density at radius 3 is 2.63 bits per heavy atom. The third-order valence-electron chi connectivity index (χ3n) is 2.16. The van der Waals surface area contributed by atoms with Crippen molar-refractivity contribution in [3.05, 3.63) is 11.8 Å². The molecule has 2 N–H and O–H groups in total. The largest absolute Gasteiger partial charge is 0.480 e. The highest BCUT2D eigenvalue weighted by Crippen LogP contribution is 2.06. The molecule has 1 aromatic heterocycles. The lowest BCUT2D eigenvalue weighted by Crippen LogP contribution is -2.37. The maximum absolute atomic E-state index is 11.7. The van der Waals surface area contributed by atoms with Gasteiger partial charge in [0.05, 0.1) is 13.1 Å². The molecule has 0 radical (unpaired) electrons. The SMILES string of the molecule is CCCN(CC(=O)O)CC(=O)Nc1cc(C)on1.Cl. The Morgan fingerprint density at radius 2 is 2.16 bits per heavy atom. The van der Waals surface area contributed by atoms with Gasteiger partial charge in [-0.3, -0.25) is 14.5 Å². The van der Waals surface area contributed by atoms with Crippen LogP contribution >= 0.6 is 12.4 Å². The number of hydrogen-bond acceptors (Lipinski definition) is 5. The van der Waals surface area contributed by atoms with Crippen LogP contribution in [0.2, 0.25) is 0 Å². The van der Waals surface area contributed by atoms with Crippen molar-refractivity contribution < 1.29 is 19.2 Å². The highest BCUT2D eigenvalue weighted by molar-refractivity contribution is 5.91. The molecule has 0 saturated heterocycles. The van der Waals surface area contributed by atoms with Gasteiger partial charge < -0.3 is 14.9 Å². The van der Waals surface area contributed by atoms with Crippen molar-refractivity contribution in [3.63, 3.8) is 0 Å². The molecular weight excluding hydrogens is 274 g/mol. The number of hydrogen-bond donors (Lipinski definition) is 2. The summed E-state index contributed by atoms with van der Waals surface area (Å²) in [5.74, 6) is -0.322. The Hall–Kier alpha value is -1.60. The molecule has 1 rings (SSSR count). The molecule has 0 aliphatic rings. The zero-order chi connectivity index (χ0) is 13.5. The third kappa shape index (κ3) is 6.78. The summed E-state index contributed by atoms with van der Waals surface area (Å²) in [4.78, 5) is 23.8. The molecule has 0 unspecified atom stereocenters. The smallest absolute Gasteiger partial charge is 0.317 e. The second-order valence-electron chi connectivity index (χ2n) is 3.98. The molecule has 0 saturated carbocycles. The number of rotatable bonds is 7. The van der Waals surface area contributed by atoms with Gasteiger partial charge in [-0.15, -0.1) is 12.4 Å². The van der Waals surface area contributed by atoms with E-state index >= 15 is 0 Å². The van der Waals surface area contributed by atoms with Gasteiger partial charge in [0.1, 0.15) is 5.76 Å². The van der Waals surface area contributed by atoms with Gasteiger partial charge in [0.15, 0.2) is 5.82 Å². The molecule has 108 valence electrons. The molecule has 1 aromatic rings. The Bertz CT molecular complexity index is 422. The van der Waals surface area contributed by atoms with Crippen molar-refractivity contribution in [1.29, 1.82) is 0 Å². The van der Waals surface area contributed by atoms with Gasteiger partial charge in [-0.05, 0) is 19.9 Å². The number of amides is 1. The molecule has 1 amide bonds.